The number of nitrogens with one attached hydrogen (secondary N) is 2. The van der Waals surface area contributed by atoms with E-state index in [-0.39, 0.29) is 41.7 Å². The standard InChI is InChI=1S/C19H20F3N3O2.ClH/c1-2-6-24-17(26)13-4-3-5-14(9-13)18(27)25-16-8-12(11-23)7-15(10-16)19(20,21)22;/h3-5,7-10H,2,6,11,23H2,1H3,(H,24,26)(H,25,27);1H. The number of rotatable bonds is 6. The second-order valence-electron chi connectivity index (χ2n) is 5.91. The number of amides is 2. The third kappa shape index (κ3) is 6.24. The van der Waals surface area contributed by atoms with Gasteiger partial charge in [0.2, 0.25) is 0 Å². The van der Waals surface area contributed by atoms with Crippen molar-refractivity contribution in [2.75, 3.05) is 11.9 Å². The number of hydrogen-bond acceptors (Lipinski definition) is 3. The summed E-state index contributed by atoms with van der Waals surface area (Å²) in [6.45, 7) is 2.32. The SMILES string of the molecule is CCCNC(=O)c1cccc(C(=O)Nc2cc(CN)cc(C(F)(F)F)c2)c1.Cl. The normalized spacial score (nSPS) is 10.8. The second kappa shape index (κ2) is 10.1. The van der Waals surface area contributed by atoms with Crippen molar-refractivity contribution in [3.8, 4) is 0 Å². The number of alkyl halides is 3. The number of carbonyl (C=O) groups excluding carboxylic acids is 2. The summed E-state index contributed by atoms with van der Waals surface area (Å²) in [5.74, 6) is -0.946. The molecular formula is C19H21ClF3N3O2. The van der Waals surface area contributed by atoms with Crippen LogP contribution < -0.4 is 16.4 Å². The molecule has 0 atom stereocenters. The topological polar surface area (TPSA) is 84.2 Å². The van der Waals surface area contributed by atoms with Crippen LogP contribution in [0.5, 0.6) is 0 Å². The molecule has 0 spiro atoms. The van der Waals surface area contributed by atoms with Crippen molar-refractivity contribution in [1.29, 1.82) is 0 Å². The summed E-state index contributed by atoms with van der Waals surface area (Å²) in [6.07, 6.45) is -3.78. The fourth-order valence-corrected chi connectivity index (χ4v) is 2.39. The molecule has 0 fully saturated rings. The smallest absolute Gasteiger partial charge is 0.352 e. The van der Waals surface area contributed by atoms with Gasteiger partial charge in [-0.3, -0.25) is 9.59 Å². The van der Waals surface area contributed by atoms with E-state index in [0.717, 1.165) is 18.6 Å². The van der Waals surface area contributed by atoms with Crippen molar-refractivity contribution in [2.24, 2.45) is 5.73 Å². The molecule has 0 saturated carbocycles. The van der Waals surface area contributed by atoms with Gasteiger partial charge in [0.05, 0.1) is 5.56 Å². The van der Waals surface area contributed by atoms with Crippen LogP contribution in [0.3, 0.4) is 0 Å². The molecule has 28 heavy (non-hydrogen) atoms. The maximum absolute atomic E-state index is 13.0. The van der Waals surface area contributed by atoms with Gasteiger partial charge < -0.3 is 16.4 Å². The zero-order valence-electron chi connectivity index (χ0n) is 15.1. The van der Waals surface area contributed by atoms with Gasteiger partial charge in [0, 0.05) is 29.9 Å². The Balaban J connectivity index is 0.00000392. The van der Waals surface area contributed by atoms with Crippen LogP contribution in [0.15, 0.2) is 42.5 Å². The molecule has 0 unspecified atom stereocenters. The summed E-state index contributed by atoms with van der Waals surface area (Å²) in [5, 5.41) is 5.12. The molecule has 0 bridgehead atoms. The van der Waals surface area contributed by atoms with Gasteiger partial charge in [0.25, 0.3) is 11.8 Å². The van der Waals surface area contributed by atoms with Crippen LogP contribution in [0.1, 0.15) is 45.2 Å². The quantitative estimate of drug-likeness (QED) is 0.667. The molecule has 9 heteroatoms. The Morgan fingerprint density at radius 2 is 1.68 bits per heavy atom. The Hall–Kier alpha value is -2.58. The molecule has 2 aromatic carbocycles. The molecule has 5 nitrogen and oxygen atoms in total. The Kier molecular flexibility index (Phi) is 8.46. The monoisotopic (exact) mass is 415 g/mol. The Bertz CT molecular complexity index is 841. The number of anilines is 1. The fourth-order valence-electron chi connectivity index (χ4n) is 2.39. The molecule has 4 N–H and O–H groups in total. The molecule has 2 amide bonds. The first-order chi connectivity index (χ1) is 12.7. The molecule has 0 radical (unpaired) electrons. The number of carbonyl (C=O) groups is 2. The average molecular weight is 416 g/mol. The summed E-state index contributed by atoms with van der Waals surface area (Å²) >= 11 is 0. The van der Waals surface area contributed by atoms with E-state index in [1.54, 1.807) is 6.07 Å². The fraction of sp³-hybridized carbons (Fsp3) is 0.263. The molecule has 152 valence electrons. The van der Waals surface area contributed by atoms with Crippen LogP contribution >= 0.6 is 12.4 Å². The number of hydrogen-bond donors (Lipinski definition) is 3. The molecule has 0 aliphatic rings. The molecular weight excluding hydrogens is 395 g/mol. The van der Waals surface area contributed by atoms with E-state index in [2.05, 4.69) is 10.6 Å². The van der Waals surface area contributed by atoms with E-state index >= 15 is 0 Å². The van der Waals surface area contributed by atoms with Gasteiger partial charge in [-0.15, -0.1) is 12.4 Å². The highest BCUT2D eigenvalue weighted by Gasteiger charge is 2.31. The molecule has 2 rings (SSSR count). The van der Waals surface area contributed by atoms with E-state index in [4.69, 9.17) is 5.73 Å². The molecule has 0 heterocycles. The third-order valence-electron chi connectivity index (χ3n) is 3.74. The van der Waals surface area contributed by atoms with Gasteiger partial charge in [-0.05, 0) is 48.4 Å². The van der Waals surface area contributed by atoms with Crippen LogP contribution in [-0.2, 0) is 12.7 Å². The van der Waals surface area contributed by atoms with Crippen molar-refractivity contribution >= 4 is 29.9 Å². The molecule has 0 aliphatic carbocycles. The van der Waals surface area contributed by atoms with Crippen LogP contribution in [0, 0.1) is 0 Å². The zero-order chi connectivity index (χ0) is 20.0. The number of nitrogens with two attached hydrogens (primary N) is 1. The zero-order valence-corrected chi connectivity index (χ0v) is 15.9. The van der Waals surface area contributed by atoms with Crippen LogP contribution in [-0.4, -0.2) is 18.4 Å². The van der Waals surface area contributed by atoms with Gasteiger partial charge in [-0.25, -0.2) is 0 Å². The first-order valence-corrected chi connectivity index (χ1v) is 8.35. The minimum atomic E-state index is -4.55. The molecule has 2 aromatic rings. The van der Waals surface area contributed by atoms with Crippen molar-refractivity contribution in [1.82, 2.24) is 5.32 Å². The maximum Gasteiger partial charge on any atom is 0.416 e. The minimum Gasteiger partial charge on any atom is -0.352 e. The summed E-state index contributed by atoms with van der Waals surface area (Å²) < 4.78 is 39.0. The lowest BCUT2D eigenvalue weighted by molar-refractivity contribution is -0.137. The minimum absolute atomic E-state index is 0. The van der Waals surface area contributed by atoms with E-state index in [1.807, 2.05) is 6.92 Å². The summed E-state index contributed by atoms with van der Waals surface area (Å²) in [7, 11) is 0. The largest absolute Gasteiger partial charge is 0.416 e. The van der Waals surface area contributed by atoms with Crippen molar-refractivity contribution in [3.05, 3.63) is 64.7 Å². The lowest BCUT2D eigenvalue weighted by atomic mass is 10.1. The predicted molar refractivity (Wildman–Crippen MR) is 104 cm³/mol. The lowest BCUT2D eigenvalue weighted by Gasteiger charge is -2.13. The molecule has 0 aliphatic heterocycles. The highest BCUT2D eigenvalue weighted by Crippen LogP contribution is 2.32. The van der Waals surface area contributed by atoms with Crippen molar-refractivity contribution in [2.45, 2.75) is 26.1 Å². The summed E-state index contributed by atoms with van der Waals surface area (Å²) in [6, 6.07) is 9.11. The summed E-state index contributed by atoms with van der Waals surface area (Å²) in [5.41, 5.74) is 5.22. The maximum atomic E-state index is 13.0. The van der Waals surface area contributed by atoms with E-state index in [9.17, 15) is 22.8 Å². The Labute approximate surface area is 166 Å². The van der Waals surface area contributed by atoms with E-state index in [0.29, 0.717) is 12.1 Å². The average Bonchev–Trinajstić information content (AvgIpc) is 2.65. The number of halogens is 4. The van der Waals surface area contributed by atoms with Gasteiger partial charge in [-0.1, -0.05) is 13.0 Å². The van der Waals surface area contributed by atoms with Crippen LogP contribution in [0.2, 0.25) is 0 Å². The summed E-state index contributed by atoms with van der Waals surface area (Å²) in [4.78, 5) is 24.4. The lowest BCUT2D eigenvalue weighted by Crippen LogP contribution is -2.24. The van der Waals surface area contributed by atoms with E-state index < -0.39 is 17.6 Å². The Morgan fingerprint density at radius 3 is 2.25 bits per heavy atom. The van der Waals surface area contributed by atoms with Crippen LogP contribution in [0.25, 0.3) is 0 Å². The predicted octanol–water partition coefficient (Wildman–Crippen LogP) is 3.98. The highest BCUT2D eigenvalue weighted by molar-refractivity contribution is 6.06. The van der Waals surface area contributed by atoms with E-state index in [1.165, 1.54) is 24.3 Å². The van der Waals surface area contributed by atoms with Gasteiger partial charge in [0.1, 0.15) is 0 Å². The van der Waals surface area contributed by atoms with Crippen molar-refractivity contribution < 1.29 is 22.8 Å². The third-order valence-corrected chi connectivity index (χ3v) is 3.74. The van der Waals surface area contributed by atoms with Gasteiger partial charge in [-0.2, -0.15) is 13.2 Å². The van der Waals surface area contributed by atoms with Crippen molar-refractivity contribution in [3.63, 3.8) is 0 Å². The Morgan fingerprint density at radius 1 is 1.04 bits per heavy atom. The first kappa shape index (κ1) is 23.5. The highest BCUT2D eigenvalue weighted by atomic mass is 35.5. The second-order valence-corrected chi connectivity index (χ2v) is 5.91. The number of benzene rings is 2. The van der Waals surface area contributed by atoms with Gasteiger partial charge in [0.15, 0.2) is 0 Å². The first-order valence-electron chi connectivity index (χ1n) is 8.35. The van der Waals surface area contributed by atoms with Crippen LogP contribution in [0.4, 0.5) is 18.9 Å². The molecule has 0 saturated heterocycles. The molecule has 0 aromatic heterocycles. The van der Waals surface area contributed by atoms with Gasteiger partial charge >= 0.3 is 6.18 Å².